The van der Waals surface area contributed by atoms with E-state index in [4.69, 9.17) is 0 Å². The standard InChI is InChI=1S/C24H24O4/c1-27-23(25)11-5-7-19-13-14-20(8-6-12-24(26)28-2)16-18-22-10-4-3-9-21(22)17-15-19/h3-6,9-12,19-20H,7-8,13-14H2,1-2H3/b11-5+,12-6+. The van der Waals surface area contributed by atoms with Crippen molar-refractivity contribution >= 4 is 11.9 Å². The molecule has 0 amide bonds. The first-order valence-electron chi connectivity index (χ1n) is 9.23. The normalized spacial score (nSPS) is 18.4. The van der Waals surface area contributed by atoms with Crippen molar-refractivity contribution in [2.24, 2.45) is 11.8 Å². The maximum Gasteiger partial charge on any atom is 0.330 e. The molecular formula is C24H24O4. The van der Waals surface area contributed by atoms with Crippen LogP contribution in [0.2, 0.25) is 0 Å². The fraction of sp³-hybridized carbons (Fsp3) is 0.333. The minimum Gasteiger partial charge on any atom is -0.466 e. The molecule has 1 aromatic rings. The molecule has 144 valence electrons. The van der Waals surface area contributed by atoms with Gasteiger partial charge in [0.25, 0.3) is 0 Å². The van der Waals surface area contributed by atoms with Gasteiger partial charge in [-0.25, -0.2) is 9.59 Å². The van der Waals surface area contributed by atoms with Gasteiger partial charge in [0.15, 0.2) is 0 Å². The van der Waals surface area contributed by atoms with E-state index in [0.29, 0.717) is 12.8 Å². The predicted molar refractivity (Wildman–Crippen MR) is 108 cm³/mol. The first-order valence-corrected chi connectivity index (χ1v) is 9.23. The zero-order valence-electron chi connectivity index (χ0n) is 16.2. The van der Waals surface area contributed by atoms with Gasteiger partial charge in [0, 0.05) is 35.1 Å². The number of carbonyl (C=O) groups is 2. The summed E-state index contributed by atoms with van der Waals surface area (Å²) >= 11 is 0. The minimum absolute atomic E-state index is 0.112. The summed E-state index contributed by atoms with van der Waals surface area (Å²) in [6.45, 7) is 0. The largest absolute Gasteiger partial charge is 0.466 e. The zero-order valence-corrected chi connectivity index (χ0v) is 16.2. The van der Waals surface area contributed by atoms with Crippen molar-refractivity contribution in [3.05, 3.63) is 59.7 Å². The molecule has 0 spiro atoms. The summed E-state index contributed by atoms with van der Waals surface area (Å²) in [6, 6.07) is 7.83. The molecule has 0 heterocycles. The Bertz CT molecular complexity index is 798. The van der Waals surface area contributed by atoms with Gasteiger partial charge in [-0.3, -0.25) is 0 Å². The van der Waals surface area contributed by atoms with Gasteiger partial charge in [-0.05, 0) is 37.8 Å². The molecule has 4 heteroatoms. The quantitative estimate of drug-likeness (QED) is 0.432. The summed E-state index contributed by atoms with van der Waals surface area (Å²) in [5.41, 5.74) is 1.81. The fourth-order valence-electron chi connectivity index (χ4n) is 2.75. The van der Waals surface area contributed by atoms with E-state index in [2.05, 4.69) is 33.2 Å². The van der Waals surface area contributed by atoms with Crippen LogP contribution < -0.4 is 0 Å². The van der Waals surface area contributed by atoms with Crippen LogP contribution in [0.1, 0.15) is 36.8 Å². The zero-order chi connectivity index (χ0) is 20.2. The molecule has 0 saturated heterocycles. The molecule has 1 aliphatic rings. The molecule has 0 bridgehead atoms. The van der Waals surface area contributed by atoms with Gasteiger partial charge in [-0.15, -0.1) is 0 Å². The Kier molecular flexibility index (Phi) is 8.63. The van der Waals surface area contributed by atoms with Gasteiger partial charge in [0.1, 0.15) is 0 Å². The summed E-state index contributed by atoms with van der Waals surface area (Å²) in [5, 5.41) is 0. The lowest BCUT2D eigenvalue weighted by Gasteiger charge is -2.13. The first kappa shape index (κ1) is 21.1. The molecule has 1 aromatic carbocycles. The summed E-state index contributed by atoms with van der Waals surface area (Å²) in [4.78, 5) is 22.6. The van der Waals surface area contributed by atoms with E-state index < -0.39 is 0 Å². The first-order chi connectivity index (χ1) is 13.6. The van der Waals surface area contributed by atoms with Crippen molar-refractivity contribution in [2.75, 3.05) is 14.2 Å². The van der Waals surface area contributed by atoms with E-state index in [1.54, 1.807) is 12.2 Å². The number of carbonyl (C=O) groups excluding carboxylic acids is 2. The Morgan fingerprint density at radius 2 is 1.32 bits per heavy atom. The maximum absolute atomic E-state index is 11.3. The Hall–Kier alpha value is -3.24. The van der Waals surface area contributed by atoms with Crippen molar-refractivity contribution in [2.45, 2.75) is 25.7 Å². The third-order valence-corrected chi connectivity index (χ3v) is 4.36. The highest BCUT2D eigenvalue weighted by Crippen LogP contribution is 2.20. The number of hydrogen-bond donors (Lipinski definition) is 0. The topological polar surface area (TPSA) is 52.6 Å². The lowest BCUT2D eigenvalue weighted by atomic mass is 9.90. The second kappa shape index (κ2) is 11.5. The average molecular weight is 376 g/mol. The highest BCUT2D eigenvalue weighted by Gasteiger charge is 2.11. The van der Waals surface area contributed by atoms with Crippen LogP contribution in [0.5, 0.6) is 0 Å². The Morgan fingerprint density at radius 3 is 1.71 bits per heavy atom. The van der Waals surface area contributed by atoms with Gasteiger partial charge < -0.3 is 9.47 Å². The minimum atomic E-state index is -0.366. The predicted octanol–water partition coefficient (Wildman–Crippen LogP) is 3.65. The van der Waals surface area contributed by atoms with Gasteiger partial charge >= 0.3 is 11.9 Å². The summed E-state index contributed by atoms with van der Waals surface area (Å²) < 4.78 is 9.26. The number of hydrogen-bond acceptors (Lipinski definition) is 4. The Balaban J connectivity index is 2.20. The second-order valence-electron chi connectivity index (χ2n) is 6.38. The van der Waals surface area contributed by atoms with E-state index in [1.807, 2.05) is 24.3 Å². The Labute approximate surface area is 166 Å². The van der Waals surface area contributed by atoms with Crippen LogP contribution in [0, 0.1) is 35.5 Å². The molecule has 0 N–H and O–H groups in total. The molecule has 28 heavy (non-hydrogen) atoms. The molecule has 2 unspecified atom stereocenters. The highest BCUT2D eigenvalue weighted by atomic mass is 16.5. The third-order valence-electron chi connectivity index (χ3n) is 4.36. The van der Waals surface area contributed by atoms with E-state index in [0.717, 1.165) is 24.0 Å². The molecular weight excluding hydrogens is 352 g/mol. The third kappa shape index (κ3) is 7.17. The summed E-state index contributed by atoms with van der Waals surface area (Å²) in [5.74, 6) is 12.6. The van der Waals surface area contributed by atoms with Crippen molar-refractivity contribution in [1.29, 1.82) is 0 Å². The lowest BCUT2D eigenvalue weighted by molar-refractivity contribution is -0.135. The Morgan fingerprint density at radius 1 is 0.893 bits per heavy atom. The maximum atomic E-state index is 11.3. The number of esters is 2. The van der Waals surface area contributed by atoms with Crippen molar-refractivity contribution in [3.63, 3.8) is 0 Å². The molecule has 2 atom stereocenters. The van der Waals surface area contributed by atoms with Gasteiger partial charge in [-0.2, -0.15) is 0 Å². The smallest absolute Gasteiger partial charge is 0.330 e. The number of benzene rings is 1. The fourth-order valence-corrected chi connectivity index (χ4v) is 2.75. The van der Waals surface area contributed by atoms with Crippen LogP contribution in [-0.4, -0.2) is 26.2 Å². The SMILES string of the molecule is COC(=O)/C=C/CC1C#Cc2ccccc2C#CC(C/C=C/C(=O)OC)CC1. The molecule has 0 aromatic heterocycles. The molecule has 0 aliphatic heterocycles. The van der Waals surface area contributed by atoms with E-state index in [9.17, 15) is 9.59 Å². The van der Waals surface area contributed by atoms with Crippen LogP contribution in [0.4, 0.5) is 0 Å². The highest BCUT2D eigenvalue weighted by molar-refractivity contribution is 5.82. The number of rotatable bonds is 6. The van der Waals surface area contributed by atoms with E-state index in [-0.39, 0.29) is 23.8 Å². The molecule has 0 fully saturated rings. The average Bonchev–Trinajstić information content (AvgIpc) is 2.72. The summed E-state index contributed by atoms with van der Waals surface area (Å²) in [7, 11) is 2.72. The molecule has 2 rings (SSSR count). The molecule has 1 aliphatic carbocycles. The molecule has 0 radical (unpaired) electrons. The van der Waals surface area contributed by atoms with Gasteiger partial charge in [-0.1, -0.05) is 48.0 Å². The van der Waals surface area contributed by atoms with Crippen LogP contribution in [0.25, 0.3) is 0 Å². The van der Waals surface area contributed by atoms with Crippen molar-refractivity contribution < 1.29 is 19.1 Å². The van der Waals surface area contributed by atoms with Crippen molar-refractivity contribution in [3.8, 4) is 23.7 Å². The molecule has 0 saturated carbocycles. The second-order valence-corrected chi connectivity index (χ2v) is 6.38. The van der Waals surface area contributed by atoms with Crippen molar-refractivity contribution in [1.82, 2.24) is 0 Å². The number of allylic oxidation sites excluding steroid dienone is 2. The van der Waals surface area contributed by atoms with E-state index in [1.165, 1.54) is 26.4 Å². The lowest BCUT2D eigenvalue weighted by Crippen LogP contribution is -2.05. The monoisotopic (exact) mass is 376 g/mol. The van der Waals surface area contributed by atoms with E-state index >= 15 is 0 Å². The van der Waals surface area contributed by atoms with Gasteiger partial charge in [0.2, 0.25) is 0 Å². The van der Waals surface area contributed by atoms with Crippen LogP contribution >= 0.6 is 0 Å². The number of fused-ring (bicyclic) bond motifs is 1. The van der Waals surface area contributed by atoms with Gasteiger partial charge in [0.05, 0.1) is 14.2 Å². The number of methoxy groups -OCH3 is 2. The number of ether oxygens (including phenoxy) is 2. The van der Waals surface area contributed by atoms with Crippen LogP contribution in [0.3, 0.4) is 0 Å². The summed E-state index contributed by atoms with van der Waals surface area (Å²) in [6.07, 6.45) is 9.53. The van der Waals surface area contributed by atoms with Crippen LogP contribution in [0.15, 0.2) is 48.6 Å². The van der Waals surface area contributed by atoms with Crippen LogP contribution in [-0.2, 0) is 19.1 Å². The molecule has 4 nitrogen and oxygen atoms in total.